The number of halogens is 3. The molecule has 21 heavy (non-hydrogen) atoms. The van der Waals surface area contributed by atoms with Gasteiger partial charge in [0, 0.05) is 24.6 Å². The van der Waals surface area contributed by atoms with Crippen LogP contribution in [0.3, 0.4) is 0 Å². The van der Waals surface area contributed by atoms with Crippen molar-refractivity contribution in [1.82, 2.24) is 5.01 Å². The molecule has 0 fully saturated rings. The van der Waals surface area contributed by atoms with Crippen molar-refractivity contribution in [3.63, 3.8) is 0 Å². The van der Waals surface area contributed by atoms with Crippen LogP contribution >= 0.6 is 11.6 Å². The first-order valence-electron chi connectivity index (χ1n) is 6.79. The zero-order valence-electron chi connectivity index (χ0n) is 11.9. The molecule has 1 aromatic carbocycles. The number of hydrazone groups is 1. The van der Waals surface area contributed by atoms with E-state index in [9.17, 15) is 13.6 Å². The molecule has 2 rings (SSSR count). The molecular formula is C15H17ClF2N2O. The maximum Gasteiger partial charge on any atom is 0.250 e. The second-order valence-electron chi connectivity index (χ2n) is 5.45. The molecule has 1 aromatic rings. The molecule has 1 aliphatic heterocycles. The zero-order chi connectivity index (χ0) is 15.6. The molecule has 1 aliphatic rings. The van der Waals surface area contributed by atoms with Crippen LogP contribution in [0, 0.1) is 17.0 Å². The number of nitrogens with zero attached hydrogens (tertiary/aromatic N) is 2. The highest BCUT2D eigenvalue weighted by atomic mass is 35.5. The van der Waals surface area contributed by atoms with Gasteiger partial charge in [-0.2, -0.15) is 5.10 Å². The highest BCUT2D eigenvalue weighted by molar-refractivity contribution is 6.19. The third-order valence-corrected chi connectivity index (χ3v) is 4.49. The Morgan fingerprint density at radius 3 is 2.57 bits per heavy atom. The summed E-state index contributed by atoms with van der Waals surface area (Å²) in [7, 11) is 0. The average Bonchev–Trinajstić information content (AvgIpc) is 2.93. The largest absolute Gasteiger partial charge is 0.272 e. The summed E-state index contributed by atoms with van der Waals surface area (Å²) in [5.41, 5.74) is -0.348. The third kappa shape index (κ3) is 3.07. The van der Waals surface area contributed by atoms with E-state index in [1.165, 1.54) is 17.1 Å². The minimum atomic E-state index is -0.743. The first-order valence-corrected chi connectivity index (χ1v) is 7.33. The fraction of sp³-hybridized carbons (Fsp3) is 0.467. The molecule has 0 aromatic heterocycles. The predicted octanol–water partition coefficient (Wildman–Crippen LogP) is 3.88. The molecule has 2 unspecified atom stereocenters. The summed E-state index contributed by atoms with van der Waals surface area (Å²) in [6.45, 7) is 3.64. The van der Waals surface area contributed by atoms with Crippen molar-refractivity contribution in [2.75, 3.05) is 5.88 Å². The number of hydrogen-bond acceptors (Lipinski definition) is 2. The summed E-state index contributed by atoms with van der Waals surface area (Å²) in [6.07, 6.45) is 2.57. The van der Waals surface area contributed by atoms with Crippen LogP contribution in [0.5, 0.6) is 0 Å². The molecule has 0 saturated carbocycles. The van der Waals surface area contributed by atoms with Crippen molar-refractivity contribution in [3.05, 3.63) is 35.4 Å². The second-order valence-corrected chi connectivity index (χ2v) is 5.72. The molecule has 0 radical (unpaired) electrons. The van der Waals surface area contributed by atoms with E-state index < -0.39 is 23.1 Å². The maximum absolute atomic E-state index is 13.4. The number of alkyl halides is 1. The van der Waals surface area contributed by atoms with Gasteiger partial charge >= 0.3 is 0 Å². The van der Waals surface area contributed by atoms with E-state index in [1.807, 2.05) is 6.92 Å². The number of hydrogen-bond donors (Lipinski definition) is 0. The van der Waals surface area contributed by atoms with Crippen LogP contribution in [0.4, 0.5) is 8.78 Å². The predicted molar refractivity (Wildman–Crippen MR) is 78.2 cm³/mol. The first kappa shape index (κ1) is 15.9. The Labute approximate surface area is 127 Å². The van der Waals surface area contributed by atoms with Gasteiger partial charge in [-0.05, 0) is 31.0 Å². The summed E-state index contributed by atoms with van der Waals surface area (Å²) in [4.78, 5) is 12.6. The van der Waals surface area contributed by atoms with Gasteiger partial charge in [0.25, 0.3) is 0 Å². The van der Waals surface area contributed by atoms with Gasteiger partial charge in [0.2, 0.25) is 5.91 Å². The number of carbonyl (C=O) groups excluding carboxylic acids is 1. The molecule has 1 heterocycles. The Morgan fingerprint density at radius 1 is 1.43 bits per heavy atom. The lowest BCUT2D eigenvalue weighted by molar-refractivity contribution is -0.142. The fourth-order valence-corrected chi connectivity index (χ4v) is 2.54. The lowest BCUT2D eigenvalue weighted by atomic mass is 9.88. The molecular weight excluding hydrogens is 298 g/mol. The van der Waals surface area contributed by atoms with Gasteiger partial charge in [-0.25, -0.2) is 13.8 Å². The number of carbonyl (C=O) groups is 1. The third-order valence-electron chi connectivity index (χ3n) is 3.90. The van der Waals surface area contributed by atoms with Crippen LogP contribution in [-0.4, -0.2) is 23.0 Å². The number of benzene rings is 1. The van der Waals surface area contributed by atoms with Gasteiger partial charge in [-0.3, -0.25) is 4.79 Å². The minimum Gasteiger partial charge on any atom is -0.272 e. The molecule has 0 bridgehead atoms. The van der Waals surface area contributed by atoms with Crippen molar-refractivity contribution >= 4 is 23.7 Å². The van der Waals surface area contributed by atoms with Crippen LogP contribution in [0.25, 0.3) is 0 Å². The van der Waals surface area contributed by atoms with Crippen molar-refractivity contribution < 1.29 is 13.6 Å². The monoisotopic (exact) mass is 314 g/mol. The quantitative estimate of drug-likeness (QED) is 0.776. The van der Waals surface area contributed by atoms with E-state index in [0.29, 0.717) is 18.4 Å². The highest BCUT2D eigenvalue weighted by Crippen LogP contribution is 2.35. The van der Waals surface area contributed by atoms with Crippen molar-refractivity contribution in [1.29, 1.82) is 0 Å². The molecule has 0 spiro atoms. The molecule has 3 nitrogen and oxygen atoms in total. The lowest BCUT2D eigenvalue weighted by Gasteiger charge is -2.31. The molecule has 114 valence electrons. The first-order chi connectivity index (χ1) is 9.91. The molecule has 6 heteroatoms. The fourth-order valence-electron chi connectivity index (χ4n) is 2.23. The zero-order valence-corrected chi connectivity index (χ0v) is 12.7. The Morgan fingerprint density at radius 2 is 2.05 bits per heavy atom. The van der Waals surface area contributed by atoms with Gasteiger partial charge in [0.1, 0.15) is 11.6 Å². The van der Waals surface area contributed by atoms with Crippen LogP contribution in [0.1, 0.15) is 38.3 Å². The van der Waals surface area contributed by atoms with Crippen LogP contribution < -0.4 is 0 Å². The van der Waals surface area contributed by atoms with Gasteiger partial charge < -0.3 is 0 Å². The van der Waals surface area contributed by atoms with Gasteiger partial charge in [-0.15, -0.1) is 11.6 Å². The van der Waals surface area contributed by atoms with Gasteiger partial charge in [0.15, 0.2) is 0 Å². The summed E-state index contributed by atoms with van der Waals surface area (Å²) in [5.74, 6) is -1.40. The van der Waals surface area contributed by atoms with E-state index in [0.717, 1.165) is 6.07 Å². The van der Waals surface area contributed by atoms with Crippen LogP contribution in [0.2, 0.25) is 0 Å². The Balaban J connectivity index is 2.32. The summed E-state index contributed by atoms with van der Waals surface area (Å²) < 4.78 is 26.7. The Hall–Kier alpha value is -1.49. The lowest BCUT2D eigenvalue weighted by Crippen LogP contribution is -2.41. The molecule has 1 amide bonds. The number of rotatable bonds is 4. The molecule has 0 saturated heterocycles. The van der Waals surface area contributed by atoms with E-state index in [1.54, 1.807) is 13.1 Å². The Bertz CT molecular complexity index is 553. The smallest absolute Gasteiger partial charge is 0.250 e. The van der Waals surface area contributed by atoms with Crippen molar-refractivity contribution in [3.8, 4) is 0 Å². The molecule has 0 N–H and O–H groups in total. The SMILES string of the molecule is CCC(C)(CCl)C(=O)N1N=CCC1c1cc(F)cc(F)c1. The Kier molecular flexibility index (Phi) is 4.61. The van der Waals surface area contributed by atoms with Crippen molar-refractivity contribution in [2.45, 2.75) is 32.7 Å². The van der Waals surface area contributed by atoms with Gasteiger partial charge in [-0.1, -0.05) is 6.92 Å². The van der Waals surface area contributed by atoms with E-state index in [-0.39, 0.29) is 11.8 Å². The topological polar surface area (TPSA) is 32.7 Å². The summed E-state index contributed by atoms with van der Waals surface area (Å²) in [5, 5.41) is 5.36. The van der Waals surface area contributed by atoms with E-state index in [2.05, 4.69) is 5.10 Å². The highest BCUT2D eigenvalue weighted by Gasteiger charge is 2.39. The summed E-state index contributed by atoms with van der Waals surface area (Å²) >= 11 is 5.91. The van der Waals surface area contributed by atoms with Crippen LogP contribution in [0.15, 0.2) is 23.3 Å². The van der Waals surface area contributed by atoms with Crippen molar-refractivity contribution in [2.24, 2.45) is 10.5 Å². The van der Waals surface area contributed by atoms with Crippen LogP contribution in [-0.2, 0) is 4.79 Å². The number of amides is 1. The van der Waals surface area contributed by atoms with Gasteiger partial charge in [0.05, 0.1) is 11.5 Å². The molecule has 0 aliphatic carbocycles. The summed E-state index contributed by atoms with van der Waals surface area (Å²) in [6, 6.07) is 2.77. The second kappa shape index (κ2) is 6.10. The van der Waals surface area contributed by atoms with E-state index >= 15 is 0 Å². The average molecular weight is 315 g/mol. The standard InChI is InChI=1S/C15H17ClF2N2O/c1-3-15(2,9-16)14(21)20-13(4-5-19-20)10-6-11(17)8-12(18)7-10/h5-8,13H,3-4,9H2,1-2H3. The normalized spacial score (nSPS) is 20.6. The van der Waals surface area contributed by atoms with E-state index in [4.69, 9.17) is 11.6 Å². The minimum absolute atomic E-state index is 0.165. The maximum atomic E-state index is 13.4. The molecule has 2 atom stereocenters.